The van der Waals surface area contributed by atoms with Gasteiger partial charge in [0.25, 0.3) is 0 Å². The van der Waals surface area contributed by atoms with Crippen molar-refractivity contribution in [1.82, 2.24) is 19.9 Å². The summed E-state index contributed by atoms with van der Waals surface area (Å²) >= 11 is 0. The normalized spacial score (nSPS) is 12.4. The molecule has 0 spiro atoms. The number of carbonyl (C=O) groups excluding carboxylic acids is 3. The second kappa shape index (κ2) is 17.2. The molecular formula is C41H54N4O7. The van der Waals surface area contributed by atoms with Crippen LogP contribution >= 0.6 is 0 Å². The molecular weight excluding hydrogens is 660 g/mol. The first-order valence-corrected chi connectivity index (χ1v) is 17.9. The van der Waals surface area contributed by atoms with Crippen LogP contribution in [0, 0.1) is 13.8 Å². The van der Waals surface area contributed by atoms with Gasteiger partial charge in [-0.2, -0.15) is 0 Å². The van der Waals surface area contributed by atoms with E-state index in [4.69, 9.17) is 18.9 Å². The van der Waals surface area contributed by atoms with Gasteiger partial charge in [0, 0.05) is 32.7 Å². The fourth-order valence-electron chi connectivity index (χ4n) is 5.84. The van der Waals surface area contributed by atoms with Crippen LogP contribution in [0.15, 0.2) is 54.6 Å². The van der Waals surface area contributed by atoms with E-state index in [2.05, 4.69) is 16.4 Å². The van der Waals surface area contributed by atoms with Crippen LogP contribution in [-0.4, -0.2) is 69.4 Å². The first-order chi connectivity index (χ1) is 24.5. The lowest BCUT2D eigenvalue weighted by atomic mass is 9.84. The van der Waals surface area contributed by atoms with E-state index in [9.17, 15) is 14.4 Å². The summed E-state index contributed by atoms with van der Waals surface area (Å²) in [5.41, 5.74) is 6.85. The van der Waals surface area contributed by atoms with Crippen molar-refractivity contribution in [3.05, 3.63) is 93.5 Å². The van der Waals surface area contributed by atoms with E-state index in [1.807, 2.05) is 96.5 Å². The van der Waals surface area contributed by atoms with Gasteiger partial charge in [0.05, 0.1) is 30.7 Å². The highest BCUT2D eigenvalue weighted by molar-refractivity contribution is 5.89. The molecule has 0 fully saturated rings. The Hall–Kier alpha value is -4.77. The molecule has 11 heteroatoms. The molecule has 4 aromatic rings. The highest BCUT2D eigenvalue weighted by Gasteiger charge is 2.25. The Balaban J connectivity index is 1.46. The minimum absolute atomic E-state index is 0.153. The van der Waals surface area contributed by atoms with Crippen LogP contribution in [-0.2, 0) is 43.4 Å². The van der Waals surface area contributed by atoms with Gasteiger partial charge < -0.3 is 23.8 Å². The van der Waals surface area contributed by atoms with Crippen molar-refractivity contribution in [3.8, 4) is 0 Å². The van der Waals surface area contributed by atoms with Gasteiger partial charge in [0.2, 0.25) is 0 Å². The van der Waals surface area contributed by atoms with Crippen molar-refractivity contribution < 1.29 is 33.3 Å². The molecule has 0 bridgehead atoms. The summed E-state index contributed by atoms with van der Waals surface area (Å²) in [5.74, 6) is -0.935. The Kier molecular flexibility index (Phi) is 13.2. The minimum Gasteiger partial charge on any atom is -0.466 e. The minimum atomic E-state index is -0.598. The number of aryl methyl sites for hydroxylation is 3. The number of aromatic nitrogens is 3. The van der Waals surface area contributed by atoms with E-state index in [-0.39, 0.29) is 24.3 Å². The summed E-state index contributed by atoms with van der Waals surface area (Å²) in [4.78, 5) is 39.5. The van der Waals surface area contributed by atoms with Crippen molar-refractivity contribution >= 4 is 29.1 Å². The van der Waals surface area contributed by atoms with Gasteiger partial charge in [-0.1, -0.05) is 41.6 Å². The summed E-state index contributed by atoms with van der Waals surface area (Å²) in [7, 11) is 1.72. The molecule has 3 aromatic carbocycles. The molecule has 280 valence electrons. The number of amides is 1. The van der Waals surface area contributed by atoms with Crippen molar-refractivity contribution in [1.29, 1.82) is 0 Å². The summed E-state index contributed by atoms with van der Waals surface area (Å²) < 4.78 is 24.2. The summed E-state index contributed by atoms with van der Waals surface area (Å²) in [5, 5.41) is 8.99. The van der Waals surface area contributed by atoms with Gasteiger partial charge in [-0.25, -0.2) is 14.3 Å². The van der Waals surface area contributed by atoms with E-state index < -0.39 is 17.3 Å². The largest absolute Gasteiger partial charge is 0.466 e. The van der Waals surface area contributed by atoms with Crippen LogP contribution < -0.4 is 0 Å². The average molecular weight is 715 g/mol. The molecule has 1 heterocycles. The number of hydrogen-bond donors (Lipinski definition) is 0. The third-order valence-corrected chi connectivity index (χ3v) is 8.44. The van der Waals surface area contributed by atoms with E-state index in [1.165, 1.54) is 0 Å². The van der Waals surface area contributed by atoms with Crippen molar-refractivity contribution in [2.24, 2.45) is 0 Å². The molecule has 4 rings (SSSR count). The number of rotatable bonds is 14. The average Bonchev–Trinajstić information content (AvgIpc) is 3.47. The van der Waals surface area contributed by atoms with Crippen LogP contribution in [0.3, 0.4) is 0 Å². The zero-order valence-electron chi connectivity index (χ0n) is 32.4. The second-order valence-electron chi connectivity index (χ2n) is 15.1. The van der Waals surface area contributed by atoms with E-state index in [0.29, 0.717) is 38.5 Å². The van der Waals surface area contributed by atoms with Crippen LogP contribution in [0.4, 0.5) is 4.79 Å². The fraction of sp³-hybridized carbons (Fsp3) is 0.488. The third kappa shape index (κ3) is 11.1. The molecule has 52 heavy (non-hydrogen) atoms. The number of hydrogen-bond acceptors (Lipinski definition) is 9. The van der Waals surface area contributed by atoms with Crippen LogP contribution in [0.25, 0.3) is 11.0 Å². The van der Waals surface area contributed by atoms with Crippen LogP contribution in [0.2, 0.25) is 0 Å². The Morgan fingerprint density at radius 2 is 1.60 bits per heavy atom. The van der Waals surface area contributed by atoms with Crippen LogP contribution in [0.5, 0.6) is 0 Å². The van der Waals surface area contributed by atoms with Crippen LogP contribution in [0.1, 0.15) is 111 Å². The number of ether oxygens (including phenoxy) is 4. The number of fused-ring (bicyclic) bond motifs is 1. The van der Waals surface area contributed by atoms with E-state index in [1.54, 1.807) is 31.0 Å². The lowest BCUT2D eigenvalue weighted by molar-refractivity contribution is -0.143. The summed E-state index contributed by atoms with van der Waals surface area (Å²) in [6.45, 7) is 19.1. The standard InChI is InChI=1S/C41H54N4O7/c1-11-50-36(46)24-34(31-16-13-27(2)32(23-31)25-44(10)39(48)52-41(7,8)9)33-19-20-35-37(28(33)3)42-43-45(35)21-12-22-49-26-29-14-17-30(18-15-29)38(47)51-40(4,5)6/h13-20,23,34H,11-12,21-22,24-26H2,1-10H3. The third-order valence-electron chi connectivity index (χ3n) is 8.44. The zero-order valence-corrected chi connectivity index (χ0v) is 32.4. The predicted octanol–water partition coefficient (Wildman–Crippen LogP) is 8.06. The van der Waals surface area contributed by atoms with Gasteiger partial charge in [-0.3, -0.25) is 4.79 Å². The van der Waals surface area contributed by atoms with Gasteiger partial charge in [0.1, 0.15) is 16.7 Å². The number of esters is 2. The highest BCUT2D eigenvalue weighted by atomic mass is 16.6. The molecule has 0 aliphatic heterocycles. The number of benzene rings is 3. The van der Waals surface area contributed by atoms with Gasteiger partial charge in [-0.15, -0.1) is 5.10 Å². The van der Waals surface area contributed by atoms with Gasteiger partial charge in [-0.05, 0) is 120 Å². The topological polar surface area (TPSA) is 122 Å². The van der Waals surface area contributed by atoms with Gasteiger partial charge in [0.15, 0.2) is 0 Å². The predicted molar refractivity (Wildman–Crippen MR) is 200 cm³/mol. The Morgan fingerprint density at radius 3 is 2.25 bits per heavy atom. The maximum Gasteiger partial charge on any atom is 0.410 e. The first-order valence-electron chi connectivity index (χ1n) is 17.9. The lowest BCUT2D eigenvalue weighted by Crippen LogP contribution is -2.34. The molecule has 0 N–H and O–H groups in total. The van der Waals surface area contributed by atoms with Gasteiger partial charge >= 0.3 is 18.0 Å². The smallest absolute Gasteiger partial charge is 0.410 e. The van der Waals surface area contributed by atoms with E-state index >= 15 is 0 Å². The Labute approximate surface area is 307 Å². The summed E-state index contributed by atoms with van der Waals surface area (Å²) in [6, 6.07) is 17.4. The molecule has 1 aromatic heterocycles. The molecule has 0 saturated carbocycles. The Morgan fingerprint density at radius 1 is 0.904 bits per heavy atom. The Bertz CT molecular complexity index is 1850. The van der Waals surface area contributed by atoms with Crippen molar-refractivity contribution in [2.75, 3.05) is 20.3 Å². The number of carbonyl (C=O) groups is 3. The van der Waals surface area contributed by atoms with Crippen molar-refractivity contribution in [3.63, 3.8) is 0 Å². The quantitative estimate of drug-likeness (QED) is 0.0725. The molecule has 11 nitrogen and oxygen atoms in total. The lowest BCUT2D eigenvalue weighted by Gasteiger charge is -2.26. The molecule has 1 unspecified atom stereocenters. The van der Waals surface area contributed by atoms with E-state index in [0.717, 1.165) is 50.8 Å². The second-order valence-corrected chi connectivity index (χ2v) is 15.1. The zero-order chi connectivity index (χ0) is 38.2. The highest BCUT2D eigenvalue weighted by Crippen LogP contribution is 2.35. The molecule has 0 radical (unpaired) electrons. The molecule has 0 aliphatic rings. The number of nitrogens with zero attached hydrogens (tertiary/aromatic N) is 4. The SMILES string of the molecule is CCOC(=O)CC(c1ccc(C)c(CN(C)C(=O)OC(C)(C)C)c1)c1ccc2c(nnn2CCCOCc2ccc(C(=O)OC(C)(C)C)cc2)c1C. The maximum absolute atomic E-state index is 12.9. The summed E-state index contributed by atoms with van der Waals surface area (Å²) in [6.07, 6.45) is 0.479. The fourth-order valence-corrected chi connectivity index (χ4v) is 5.84. The molecule has 0 aliphatic carbocycles. The van der Waals surface area contributed by atoms with Crippen molar-refractivity contribution in [2.45, 2.75) is 112 Å². The maximum atomic E-state index is 12.9. The molecule has 1 amide bonds. The molecule has 0 saturated heterocycles. The first kappa shape index (κ1) is 40.0. The monoisotopic (exact) mass is 714 g/mol. The molecule has 1 atom stereocenters.